The van der Waals surface area contributed by atoms with Crippen LogP contribution in [0.3, 0.4) is 0 Å². The molecule has 0 bridgehead atoms. The SMILES string of the molecule is CC(C)C(OC1(Cn2cnc3c(Cl)nc(N)nc32)CC1)(C(C)C)P(=O)([O-])[O-]. The number of ether oxygens (including phenoxy) is 1. The fraction of sp³-hybridized carbons (Fsp3) is 0.688. The van der Waals surface area contributed by atoms with E-state index in [4.69, 9.17) is 22.1 Å². The minimum atomic E-state index is -5.04. The normalized spacial score (nSPS) is 17.2. The zero-order chi connectivity index (χ0) is 20.2. The quantitative estimate of drug-likeness (QED) is 0.529. The van der Waals surface area contributed by atoms with Gasteiger partial charge in [0.15, 0.2) is 10.8 Å². The lowest BCUT2D eigenvalue weighted by atomic mass is 9.94. The minimum absolute atomic E-state index is 0.0161. The summed E-state index contributed by atoms with van der Waals surface area (Å²) >= 11 is 6.05. The van der Waals surface area contributed by atoms with Crippen molar-refractivity contribution in [3.8, 4) is 0 Å². The molecular weight excluding hydrogens is 393 g/mol. The molecule has 0 aromatic carbocycles. The van der Waals surface area contributed by atoms with E-state index in [0.717, 1.165) is 0 Å². The van der Waals surface area contributed by atoms with Gasteiger partial charge in [0.1, 0.15) is 5.52 Å². The highest BCUT2D eigenvalue weighted by atomic mass is 35.5. The van der Waals surface area contributed by atoms with Gasteiger partial charge in [-0.25, -0.2) is 4.98 Å². The summed E-state index contributed by atoms with van der Waals surface area (Å²) in [7, 11) is -5.04. The fourth-order valence-electron chi connectivity index (χ4n) is 3.72. The molecule has 2 N–H and O–H groups in total. The van der Waals surface area contributed by atoms with Crippen LogP contribution in [0.5, 0.6) is 0 Å². The number of aromatic nitrogens is 4. The van der Waals surface area contributed by atoms with Crippen molar-refractivity contribution in [3.63, 3.8) is 0 Å². The molecule has 0 atom stereocenters. The number of anilines is 1. The molecule has 150 valence electrons. The number of imidazole rings is 1. The molecule has 2 heterocycles. The van der Waals surface area contributed by atoms with Gasteiger partial charge in [-0.2, -0.15) is 9.97 Å². The molecule has 0 aliphatic heterocycles. The van der Waals surface area contributed by atoms with E-state index in [1.54, 1.807) is 32.3 Å². The van der Waals surface area contributed by atoms with Crippen molar-refractivity contribution < 1.29 is 19.1 Å². The van der Waals surface area contributed by atoms with Crippen LogP contribution in [-0.2, 0) is 15.8 Å². The average Bonchev–Trinajstić information content (AvgIpc) is 3.16. The summed E-state index contributed by atoms with van der Waals surface area (Å²) in [5.74, 6) is -0.979. The molecule has 1 aliphatic rings. The monoisotopic (exact) mass is 415 g/mol. The molecule has 1 fully saturated rings. The smallest absolute Gasteiger partial charge is 0.223 e. The number of hydrogen-bond acceptors (Lipinski definition) is 8. The average molecular weight is 416 g/mol. The Balaban J connectivity index is 1.97. The fourth-order valence-corrected chi connectivity index (χ4v) is 5.51. The van der Waals surface area contributed by atoms with Gasteiger partial charge in [-0.3, -0.25) is 0 Å². The Bertz CT molecular complexity index is 898. The van der Waals surface area contributed by atoms with Gasteiger partial charge in [0.2, 0.25) is 5.95 Å². The molecule has 1 saturated carbocycles. The van der Waals surface area contributed by atoms with Gasteiger partial charge in [0.05, 0.1) is 23.8 Å². The predicted molar refractivity (Wildman–Crippen MR) is 97.8 cm³/mol. The highest BCUT2D eigenvalue weighted by molar-refractivity contribution is 7.50. The molecule has 0 unspecified atom stereocenters. The van der Waals surface area contributed by atoms with E-state index in [2.05, 4.69) is 15.0 Å². The van der Waals surface area contributed by atoms with E-state index in [9.17, 15) is 14.4 Å². The largest absolute Gasteiger partial charge is 0.809 e. The number of nitrogen functional groups attached to an aromatic ring is 1. The van der Waals surface area contributed by atoms with Crippen LogP contribution in [0.2, 0.25) is 5.15 Å². The first-order chi connectivity index (χ1) is 12.4. The summed E-state index contributed by atoms with van der Waals surface area (Å²) in [6, 6.07) is 0. The number of fused-ring (bicyclic) bond motifs is 1. The Morgan fingerprint density at radius 3 is 2.41 bits per heavy atom. The molecule has 2 aromatic rings. The summed E-state index contributed by atoms with van der Waals surface area (Å²) in [4.78, 5) is 36.7. The first-order valence-electron chi connectivity index (χ1n) is 8.78. The van der Waals surface area contributed by atoms with Crippen LogP contribution in [-0.4, -0.2) is 30.5 Å². The van der Waals surface area contributed by atoms with E-state index >= 15 is 0 Å². The Morgan fingerprint density at radius 2 is 1.93 bits per heavy atom. The maximum Gasteiger partial charge on any atom is 0.223 e. The number of halogens is 1. The third-order valence-corrected chi connectivity index (χ3v) is 7.41. The molecule has 1 aliphatic carbocycles. The highest BCUT2D eigenvalue weighted by Gasteiger charge is 2.54. The summed E-state index contributed by atoms with van der Waals surface area (Å²) in [5.41, 5.74) is 5.73. The van der Waals surface area contributed by atoms with Crippen LogP contribution < -0.4 is 15.5 Å². The van der Waals surface area contributed by atoms with E-state index in [1.165, 1.54) is 6.33 Å². The van der Waals surface area contributed by atoms with Gasteiger partial charge in [-0.1, -0.05) is 39.3 Å². The van der Waals surface area contributed by atoms with Crippen molar-refractivity contribution in [1.82, 2.24) is 19.5 Å². The second-order valence-corrected chi connectivity index (χ2v) is 9.81. The van der Waals surface area contributed by atoms with Crippen molar-refractivity contribution in [3.05, 3.63) is 11.5 Å². The van der Waals surface area contributed by atoms with Gasteiger partial charge >= 0.3 is 0 Å². The zero-order valence-electron chi connectivity index (χ0n) is 15.7. The summed E-state index contributed by atoms with van der Waals surface area (Å²) in [6.45, 7) is 7.06. The summed E-state index contributed by atoms with van der Waals surface area (Å²) in [5, 5.41) is -1.64. The van der Waals surface area contributed by atoms with Gasteiger partial charge in [-0.15, -0.1) is 0 Å². The maximum absolute atomic E-state index is 12.2. The van der Waals surface area contributed by atoms with Crippen LogP contribution in [0.4, 0.5) is 5.95 Å². The molecule has 3 rings (SSSR count). The molecule has 9 nitrogen and oxygen atoms in total. The Morgan fingerprint density at radius 1 is 1.33 bits per heavy atom. The van der Waals surface area contributed by atoms with Gasteiger partial charge < -0.3 is 29.4 Å². The second-order valence-electron chi connectivity index (χ2n) is 7.76. The molecule has 0 saturated heterocycles. The number of nitrogens with zero attached hydrogens (tertiary/aromatic N) is 4. The van der Waals surface area contributed by atoms with E-state index < -0.39 is 30.4 Å². The molecule has 0 spiro atoms. The maximum atomic E-state index is 12.2. The van der Waals surface area contributed by atoms with Gasteiger partial charge in [-0.05, 0) is 32.3 Å². The number of nitrogens with two attached hydrogens (primary N) is 1. The first kappa shape index (κ1) is 20.5. The van der Waals surface area contributed by atoms with Gasteiger partial charge in [0, 0.05) is 0 Å². The lowest BCUT2D eigenvalue weighted by Crippen LogP contribution is -2.53. The third-order valence-electron chi connectivity index (χ3n) is 5.17. The van der Waals surface area contributed by atoms with Crippen molar-refractivity contribution >= 4 is 36.3 Å². The van der Waals surface area contributed by atoms with Gasteiger partial charge in [0.25, 0.3) is 0 Å². The highest BCUT2D eigenvalue weighted by Crippen LogP contribution is 2.59. The van der Waals surface area contributed by atoms with Crippen molar-refractivity contribution in [2.24, 2.45) is 11.8 Å². The Hall–Kier alpha value is -1.25. The zero-order valence-corrected chi connectivity index (χ0v) is 17.3. The Labute approximate surface area is 162 Å². The van der Waals surface area contributed by atoms with Crippen LogP contribution in [0.25, 0.3) is 11.2 Å². The van der Waals surface area contributed by atoms with Crippen molar-refractivity contribution in [2.45, 2.75) is 58.0 Å². The van der Waals surface area contributed by atoms with Crippen molar-refractivity contribution in [1.29, 1.82) is 0 Å². The summed E-state index contributed by atoms with van der Waals surface area (Å²) < 4.78 is 20.1. The summed E-state index contributed by atoms with van der Waals surface area (Å²) in [6.07, 6.45) is 2.79. The first-order valence-corrected chi connectivity index (χ1v) is 10.7. The molecular formula is C16H23ClN5O4P-2. The van der Waals surface area contributed by atoms with E-state index in [1.807, 2.05) is 0 Å². The predicted octanol–water partition coefficient (Wildman–Crippen LogP) is 1.53. The van der Waals surface area contributed by atoms with Crippen LogP contribution in [0.1, 0.15) is 40.5 Å². The number of hydrogen-bond donors (Lipinski definition) is 1. The van der Waals surface area contributed by atoms with Crippen molar-refractivity contribution in [2.75, 3.05) is 5.73 Å². The Kier molecular flexibility index (Phi) is 5.06. The molecule has 11 heteroatoms. The van der Waals surface area contributed by atoms with E-state index in [-0.39, 0.29) is 17.6 Å². The molecule has 0 amide bonds. The second kappa shape index (κ2) is 6.67. The lowest BCUT2D eigenvalue weighted by Gasteiger charge is -2.55. The molecule has 2 aromatic heterocycles. The molecule has 27 heavy (non-hydrogen) atoms. The standard InChI is InChI=1S/C16H25ClN5O4P/c1-9(2)16(10(3)4,27(23,24)25)26-15(5-6-15)7-22-8-19-11-12(17)20-14(18)21-13(11)22/h8-10H,5-7H2,1-4H3,(H2,18,20,21)(H2,23,24,25)/p-2. The topological polar surface area (TPSA) is 142 Å². The third kappa shape index (κ3) is 3.47. The lowest BCUT2D eigenvalue weighted by molar-refractivity contribution is -0.341. The minimum Gasteiger partial charge on any atom is -0.809 e. The van der Waals surface area contributed by atoms with Crippen LogP contribution >= 0.6 is 19.2 Å². The van der Waals surface area contributed by atoms with Crippen LogP contribution in [0.15, 0.2) is 6.33 Å². The van der Waals surface area contributed by atoms with E-state index in [0.29, 0.717) is 24.0 Å². The number of rotatable bonds is 7. The van der Waals surface area contributed by atoms with Crippen LogP contribution in [0, 0.1) is 11.8 Å². The molecule has 0 radical (unpaired) electrons.